The van der Waals surface area contributed by atoms with Gasteiger partial charge in [0.05, 0.1) is 0 Å². The van der Waals surface area contributed by atoms with Crippen LogP contribution < -0.4 is 26.4 Å². The van der Waals surface area contributed by atoms with Crippen LogP contribution in [0.1, 0.15) is 37.9 Å². The topological polar surface area (TPSA) is 112 Å². The average molecular weight is 517 g/mol. The highest BCUT2D eigenvalue weighted by atomic mass is 19.1. The fourth-order valence-electron chi connectivity index (χ4n) is 5.32. The van der Waals surface area contributed by atoms with Crippen LogP contribution in [0.25, 0.3) is 10.8 Å². The van der Waals surface area contributed by atoms with Gasteiger partial charge in [0.25, 0.3) is 10.9 Å². The second-order valence-corrected chi connectivity index (χ2v) is 10.1. The van der Waals surface area contributed by atoms with Gasteiger partial charge in [0.15, 0.2) is 0 Å². The average Bonchev–Trinajstić information content (AvgIpc) is 3.21. The van der Waals surface area contributed by atoms with Crippen LogP contribution in [-0.4, -0.2) is 34.2 Å². The summed E-state index contributed by atoms with van der Waals surface area (Å²) < 4.78 is 13.9. The Bertz CT molecular complexity index is 1580. The van der Waals surface area contributed by atoms with E-state index in [0.717, 1.165) is 29.5 Å². The summed E-state index contributed by atoms with van der Waals surface area (Å²) in [4.78, 5) is 43.3. The molecule has 0 radical (unpaired) electrons. The van der Waals surface area contributed by atoms with Gasteiger partial charge in [-0.1, -0.05) is 18.2 Å². The van der Waals surface area contributed by atoms with E-state index in [2.05, 4.69) is 15.6 Å². The second-order valence-electron chi connectivity index (χ2n) is 10.1. The van der Waals surface area contributed by atoms with Crippen molar-refractivity contribution in [2.45, 2.75) is 58.2 Å². The molecule has 3 unspecified atom stereocenters. The number of nitrogens with zero attached hydrogens (tertiary/aromatic N) is 2. The summed E-state index contributed by atoms with van der Waals surface area (Å²) in [5, 5.41) is 17.4. The Morgan fingerprint density at radius 2 is 1.76 bits per heavy atom. The summed E-state index contributed by atoms with van der Waals surface area (Å²) in [5.74, 6) is -0.950. The molecule has 4 aromatic rings. The number of fused-ring (bicyclic) bond motifs is 1. The van der Waals surface area contributed by atoms with Gasteiger partial charge in [-0.2, -0.15) is 0 Å². The van der Waals surface area contributed by atoms with E-state index in [4.69, 9.17) is 0 Å². The minimum absolute atomic E-state index is 0.0888. The summed E-state index contributed by atoms with van der Waals surface area (Å²) in [6, 6.07) is 12.7. The summed E-state index contributed by atoms with van der Waals surface area (Å²) >= 11 is 0. The van der Waals surface area contributed by atoms with Crippen molar-refractivity contribution in [2.75, 3.05) is 15.5 Å². The summed E-state index contributed by atoms with van der Waals surface area (Å²) in [5.41, 5.74) is 1.37. The zero-order valence-electron chi connectivity index (χ0n) is 21.4. The first-order valence-electron chi connectivity index (χ1n) is 12.7. The highest BCUT2D eigenvalue weighted by Crippen LogP contribution is 2.33. The van der Waals surface area contributed by atoms with Crippen LogP contribution >= 0.6 is 0 Å². The number of carboxylic acids is 1. The number of anilines is 4. The number of hydrogen-bond acceptors (Lipinski definition) is 7. The Morgan fingerprint density at radius 3 is 2.42 bits per heavy atom. The molecule has 3 atom stereocenters. The van der Waals surface area contributed by atoms with Gasteiger partial charge >= 0.3 is 5.97 Å². The van der Waals surface area contributed by atoms with E-state index in [1.54, 1.807) is 30.3 Å². The number of carboxylic acid groups (broad SMARTS) is 1. The van der Waals surface area contributed by atoms with Crippen LogP contribution in [0.2, 0.25) is 0 Å². The third-order valence-electron chi connectivity index (χ3n) is 7.29. The Balaban J connectivity index is 1.34. The number of aromatic nitrogens is 1. The maximum atomic E-state index is 13.9. The van der Waals surface area contributed by atoms with Gasteiger partial charge in [-0.3, -0.25) is 9.59 Å². The smallest absolute Gasteiger partial charge is 0.326 e. The van der Waals surface area contributed by atoms with Crippen molar-refractivity contribution in [3.63, 3.8) is 0 Å². The molecule has 1 aliphatic heterocycles. The molecule has 0 amide bonds. The molecule has 5 rings (SSSR count). The summed E-state index contributed by atoms with van der Waals surface area (Å²) in [7, 11) is 0. The fourth-order valence-corrected chi connectivity index (χ4v) is 5.32. The van der Waals surface area contributed by atoms with E-state index in [9.17, 15) is 23.9 Å². The van der Waals surface area contributed by atoms with Gasteiger partial charge in [0.1, 0.15) is 29.1 Å². The van der Waals surface area contributed by atoms with Crippen LogP contribution in [0.3, 0.4) is 0 Å². The third-order valence-corrected chi connectivity index (χ3v) is 7.29. The molecular weight excluding hydrogens is 487 g/mol. The summed E-state index contributed by atoms with van der Waals surface area (Å²) in [6.45, 7) is 5.86. The standard InChI is InChI=1S/C29H29FN4O4/c1-15-12-19-8-9-20(30)14-22(19)28(31-15)32-21-10-6-18(7-11-21)13-23(29(37)38)33-24-25(27(36)26(24)35)34-16(2)4-5-17(34)3/h6-12,14,16-17,23,33H,4-5,13H2,1-3H3,(H,31,32)(H,37,38). The number of halogens is 1. The molecule has 2 heterocycles. The minimum Gasteiger partial charge on any atom is -0.480 e. The molecule has 1 fully saturated rings. The van der Waals surface area contributed by atoms with Gasteiger partial charge in [-0.25, -0.2) is 14.2 Å². The Morgan fingerprint density at radius 1 is 1.08 bits per heavy atom. The lowest BCUT2D eigenvalue weighted by Gasteiger charge is -2.32. The van der Waals surface area contributed by atoms with E-state index in [-0.39, 0.29) is 30.0 Å². The lowest BCUT2D eigenvalue weighted by atomic mass is 10.0. The molecule has 0 saturated carbocycles. The molecule has 8 nitrogen and oxygen atoms in total. The van der Waals surface area contributed by atoms with Gasteiger partial charge in [-0.15, -0.1) is 0 Å². The molecule has 1 aliphatic rings. The van der Waals surface area contributed by atoms with E-state index in [0.29, 0.717) is 22.6 Å². The molecule has 9 heteroatoms. The zero-order chi connectivity index (χ0) is 27.1. The monoisotopic (exact) mass is 516 g/mol. The highest BCUT2D eigenvalue weighted by Gasteiger charge is 2.36. The molecule has 0 bridgehead atoms. The predicted molar refractivity (Wildman–Crippen MR) is 147 cm³/mol. The molecule has 0 aliphatic carbocycles. The molecule has 0 spiro atoms. The lowest BCUT2D eigenvalue weighted by molar-refractivity contribution is -0.137. The van der Waals surface area contributed by atoms with Gasteiger partial charge in [0.2, 0.25) is 0 Å². The summed E-state index contributed by atoms with van der Waals surface area (Å²) in [6.07, 6.45) is 1.92. The molecule has 3 aromatic carbocycles. The fraction of sp³-hybridized carbons (Fsp3) is 0.310. The first-order chi connectivity index (χ1) is 18.1. The van der Waals surface area contributed by atoms with Crippen molar-refractivity contribution in [3.05, 3.63) is 86.1 Å². The first kappa shape index (κ1) is 25.4. The second kappa shape index (κ2) is 9.89. The number of pyridine rings is 1. The quantitative estimate of drug-likeness (QED) is 0.294. The zero-order valence-corrected chi connectivity index (χ0v) is 21.4. The van der Waals surface area contributed by atoms with Crippen molar-refractivity contribution in [1.82, 2.24) is 4.98 Å². The van der Waals surface area contributed by atoms with Gasteiger partial charge < -0.3 is 20.6 Å². The highest BCUT2D eigenvalue weighted by molar-refractivity contribution is 5.93. The molecule has 38 heavy (non-hydrogen) atoms. The van der Waals surface area contributed by atoms with Crippen LogP contribution in [-0.2, 0) is 11.2 Å². The molecular formula is C29H29FN4O4. The molecule has 3 N–H and O–H groups in total. The van der Waals surface area contributed by atoms with Crippen LogP contribution in [0.15, 0.2) is 58.1 Å². The van der Waals surface area contributed by atoms with Crippen LogP contribution in [0.4, 0.5) is 27.3 Å². The Labute approximate surface area is 218 Å². The minimum atomic E-state index is -1.12. The number of nitrogens with one attached hydrogen (secondary N) is 2. The molecule has 1 aromatic heterocycles. The van der Waals surface area contributed by atoms with Crippen molar-refractivity contribution in [1.29, 1.82) is 0 Å². The van der Waals surface area contributed by atoms with E-state index in [1.807, 2.05) is 31.7 Å². The molecule has 1 saturated heterocycles. The maximum absolute atomic E-state index is 13.9. The van der Waals surface area contributed by atoms with E-state index >= 15 is 0 Å². The van der Waals surface area contributed by atoms with Crippen LogP contribution in [0.5, 0.6) is 0 Å². The number of carbonyl (C=O) groups is 1. The van der Waals surface area contributed by atoms with Gasteiger partial charge in [-0.05, 0) is 74.9 Å². The third kappa shape index (κ3) is 4.71. The first-order valence-corrected chi connectivity index (χ1v) is 12.7. The van der Waals surface area contributed by atoms with E-state index in [1.165, 1.54) is 12.1 Å². The number of hydrogen-bond donors (Lipinski definition) is 3. The number of rotatable bonds is 8. The normalized spacial score (nSPS) is 18.2. The number of aliphatic carboxylic acids is 1. The van der Waals surface area contributed by atoms with Crippen molar-refractivity contribution in [3.8, 4) is 0 Å². The van der Waals surface area contributed by atoms with E-state index < -0.39 is 22.9 Å². The lowest BCUT2D eigenvalue weighted by Crippen LogP contribution is -2.48. The predicted octanol–water partition coefficient (Wildman–Crippen LogP) is 4.51. The number of aryl methyl sites for hydroxylation is 1. The molecule has 196 valence electrons. The van der Waals surface area contributed by atoms with Crippen molar-refractivity contribution in [2.24, 2.45) is 0 Å². The van der Waals surface area contributed by atoms with Crippen LogP contribution in [0, 0.1) is 12.7 Å². The van der Waals surface area contributed by atoms with Crippen molar-refractivity contribution < 1.29 is 14.3 Å². The Kier molecular flexibility index (Phi) is 6.60. The largest absolute Gasteiger partial charge is 0.480 e. The van der Waals surface area contributed by atoms with Crippen molar-refractivity contribution >= 4 is 39.6 Å². The Hall–Kier alpha value is -4.27. The SMILES string of the molecule is Cc1cc2ccc(F)cc2c(Nc2ccc(CC(Nc3c(N4C(C)CCC4C)c(=O)c3=O)C(=O)O)cc2)n1. The number of benzene rings is 2. The maximum Gasteiger partial charge on any atom is 0.326 e. The van der Waals surface area contributed by atoms with Gasteiger partial charge in [0, 0.05) is 35.3 Å².